The molecule has 0 bridgehead atoms. The number of amides is 1. The molecule has 2 fully saturated rings. The van der Waals surface area contributed by atoms with E-state index in [2.05, 4.69) is 14.7 Å². The number of hydrogen-bond acceptors (Lipinski definition) is 8. The van der Waals surface area contributed by atoms with Gasteiger partial charge in [0.15, 0.2) is 5.76 Å². The number of cyclic esters (lactones) is 1. The van der Waals surface area contributed by atoms with Crippen LogP contribution in [0.5, 0.6) is 0 Å². The van der Waals surface area contributed by atoms with Crippen molar-refractivity contribution in [1.29, 1.82) is 0 Å². The van der Waals surface area contributed by atoms with Crippen molar-refractivity contribution in [3.8, 4) is 10.6 Å². The summed E-state index contributed by atoms with van der Waals surface area (Å²) < 4.78 is 14.8. The van der Waals surface area contributed by atoms with Gasteiger partial charge < -0.3 is 14.2 Å². The van der Waals surface area contributed by atoms with Crippen LogP contribution in [0.3, 0.4) is 0 Å². The average Bonchev–Trinajstić information content (AvgIpc) is 3.34. The summed E-state index contributed by atoms with van der Waals surface area (Å²) in [7, 11) is 0. The third kappa shape index (κ3) is 3.80. The molecule has 2 unspecified atom stereocenters. The number of hydrogen-bond donors (Lipinski definition) is 0. The van der Waals surface area contributed by atoms with Crippen molar-refractivity contribution < 1.29 is 18.8 Å². The van der Waals surface area contributed by atoms with Crippen molar-refractivity contribution in [2.75, 3.05) is 13.1 Å². The fourth-order valence-corrected chi connectivity index (χ4v) is 4.80. The molecule has 28 heavy (non-hydrogen) atoms. The Morgan fingerprint density at radius 2 is 2.25 bits per heavy atom. The van der Waals surface area contributed by atoms with Crippen LogP contribution in [0.2, 0.25) is 0 Å². The molecule has 0 spiro atoms. The van der Waals surface area contributed by atoms with E-state index in [4.69, 9.17) is 9.26 Å². The highest BCUT2D eigenvalue weighted by molar-refractivity contribution is 7.09. The van der Waals surface area contributed by atoms with Gasteiger partial charge in [0, 0.05) is 37.9 Å². The molecule has 0 N–H and O–H groups in total. The van der Waals surface area contributed by atoms with Gasteiger partial charge in [0.25, 0.3) is 0 Å². The summed E-state index contributed by atoms with van der Waals surface area (Å²) in [6.45, 7) is 6.92. The first-order chi connectivity index (χ1) is 13.3. The minimum Gasteiger partial charge on any atom is -0.459 e. The number of ether oxygens (including phenoxy) is 1. The molecule has 2 aliphatic rings. The Hall–Kier alpha value is -2.29. The summed E-state index contributed by atoms with van der Waals surface area (Å²) in [4.78, 5) is 27.6. The standard InChI is InChI=1S/C19H24N4O4S/c1-11-7-14(27-21-11)17-16(20-22-28-17)12-5-4-6-23(10-12)15(24)8-13-9-19(2,3)26-18(13)25/h7,12-13H,4-6,8-10H2,1-3H3. The number of piperidine rings is 1. The highest BCUT2D eigenvalue weighted by atomic mass is 32.1. The summed E-state index contributed by atoms with van der Waals surface area (Å²) in [6.07, 6.45) is 2.62. The smallest absolute Gasteiger partial charge is 0.310 e. The lowest BCUT2D eigenvalue weighted by atomic mass is 9.91. The molecule has 0 aliphatic carbocycles. The molecule has 2 aliphatic heterocycles. The number of esters is 1. The molecule has 0 radical (unpaired) electrons. The second-order valence-corrected chi connectivity index (χ2v) is 9.04. The Bertz CT molecular complexity index is 890. The van der Waals surface area contributed by atoms with Crippen LogP contribution in [0.25, 0.3) is 10.6 Å². The van der Waals surface area contributed by atoms with E-state index in [-0.39, 0.29) is 30.1 Å². The molecule has 4 rings (SSSR count). The van der Waals surface area contributed by atoms with Crippen molar-refractivity contribution in [3.05, 3.63) is 17.5 Å². The van der Waals surface area contributed by atoms with Gasteiger partial charge in [0.2, 0.25) is 5.91 Å². The fourth-order valence-electron chi connectivity index (χ4n) is 4.10. The number of nitrogens with zero attached hydrogens (tertiary/aromatic N) is 4. The van der Waals surface area contributed by atoms with Gasteiger partial charge >= 0.3 is 5.97 Å². The van der Waals surface area contributed by atoms with Gasteiger partial charge in [0.05, 0.1) is 17.3 Å². The van der Waals surface area contributed by atoms with Crippen LogP contribution < -0.4 is 0 Å². The van der Waals surface area contributed by atoms with Crippen LogP contribution in [0, 0.1) is 12.8 Å². The zero-order valence-electron chi connectivity index (χ0n) is 16.3. The molecule has 2 saturated heterocycles. The van der Waals surface area contributed by atoms with Gasteiger partial charge in [-0.05, 0) is 45.1 Å². The summed E-state index contributed by atoms with van der Waals surface area (Å²) in [6, 6.07) is 1.87. The van der Waals surface area contributed by atoms with Crippen molar-refractivity contribution in [1.82, 2.24) is 19.6 Å². The molecule has 2 atom stereocenters. The molecule has 1 amide bonds. The summed E-state index contributed by atoms with van der Waals surface area (Å²) in [5.41, 5.74) is 1.18. The minimum absolute atomic E-state index is 0.00426. The maximum Gasteiger partial charge on any atom is 0.310 e. The molecule has 0 saturated carbocycles. The van der Waals surface area contributed by atoms with Crippen LogP contribution in [-0.4, -0.2) is 50.2 Å². The van der Waals surface area contributed by atoms with E-state index in [1.54, 1.807) is 0 Å². The van der Waals surface area contributed by atoms with E-state index in [0.717, 1.165) is 29.1 Å². The van der Waals surface area contributed by atoms with E-state index < -0.39 is 5.60 Å². The number of rotatable bonds is 4. The van der Waals surface area contributed by atoms with Gasteiger partial charge in [0.1, 0.15) is 10.5 Å². The van der Waals surface area contributed by atoms with Crippen molar-refractivity contribution in [3.63, 3.8) is 0 Å². The van der Waals surface area contributed by atoms with Gasteiger partial charge in [-0.15, -0.1) is 5.10 Å². The number of carbonyl (C=O) groups excluding carboxylic acids is 2. The normalized spacial score (nSPS) is 24.4. The number of likely N-dealkylation sites (tertiary alicyclic amines) is 1. The highest BCUT2D eigenvalue weighted by Crippen LogP contribution is 2.37. The Labute approximate surface area is 167 Å². The van der Waals surface area contributed by atoms with Crippen molar-refractivity contribution >= 4 is 23.4 Å². The maximum absolute atomic E-state index is 12.8. The van der Waals surface area contributed by atoms with Crippen LogP contribution in [-0.2, 0) is 14.3 Å². The summed E-state index contributed by atoms with van der Waals surface area (Å²) in [5.74, 6) is 0.158. The topological polar surface area (TPSA) is 98.4 Å². The van der Waals surface area contributed by atoms with Crippen molar-refractivity contribution in [2.24, 2.45) is 5.92 Å². The maximum atomic E-state index is 12.8. The molecule has 0 aromatic carbocycles. The van der Waals surface area contributed by atoms with Crippen LogP contribution >= 0.6 is 11.5 Å². The molecule has 2 aromatic heterocycles. The predicted octanol–water partition coefficient (Wildman–Crippen LogP) is 2.94. The molecule has 4 heterocycles. The van der Waals surface area contributed by atoms with E-state index in [1.807, 2.05) is 31.7 Å². The second-order valence-electron chi connectivity index (χ2n) is 8.28. The Balaban J connectivity index is 1.45. The van der Waals surface area contributed by atoms with Crippen LogP contribution in [0.4, 0.5) is 0 Å². The molecule has 9 heteroatoms. The fraction of sp³-hybridized carbons (Fsp3) is 0.632. The van der Waals surface area contributed by atoms with E-state index >= 15 is 0 Å². The molecule has 8 nitrogen and oxygen atoms in total. The van der Waals surface area contributed by atoms with Crippen LogP contribution in [0.1, 0.15) is 56.8 Å². The lowest BCUT2D eigenvalue weighted by Crippen LogP contribution is -2.40. The van der Waals surface area contributed by atoms with Crippen LogP contribution in [0.15, 0.2) is 10.6 Å². The van der Waals surface area contributed by atoms with Gasteiger partial charge in [-0.2, -0.15) is 0 Å². The second kappa shape index (κ2) is 7.27. The highest BCUT2D eigenvalue weighted by Gasteiger charge is 2.42. The number of aromatic nitrogens is 3. The Kier molecular flexibility index (Phi) is 4.95. The number of carbonyl (C=O) groups is 2. The van der Waals surface area contributed by atoms with Crippen molar-refractivity contribution in [2.45, 2.75) is 58.0 Å². The Morgan fingerprint density at radius 1 is 1.43 bits per heavy atom. The quantitative estimate of drug-likeness (QED) is 0.723. The summed E-state index contributed by atoms with van der Waals surface area (Å²) >= 11 is 1.29. The van der Waals surface area contributed by atoms with E-state index in [0.29, 0.717) is 25.3 Å². The lowest BCUT2D eigenvalue weighted by molar-refractivity contribution is -0.150. The van der Waals surface area contributed by atoms with Gasteiger partial charge in [-0.1, -0.05) is 9.64 Å². The zero-order valence-corrected chi connectivity index (χ0v) is 17.1. The van der Waals surface area contributed by atoms with E-state index in [1.165, 1.54) is 11.5 Å². The largest absolute Gasteiger partial charge is 0.459 e. The minimum atomic E-state index is -0.483. The first-order valence-electron chi connectivity index (χ1n) is 9.59. The van der Waals surface area contributed by atoms with Gasteiger partial charge in [-0.3, -0.25) is 9.59 Å². The predicted molar refractivity (Wildman–Crippen MR) is 102 cm³/mol. The monoisotopic (exact) mass is 404 g/mol. The SMILES string of the molecule is Cc1cc(-c2snnc2C2CCCN(C(=O)CC3CC(C)(C)OC3=O)C2)on1. The molecule has 2 aromatic rings. The Morgan fingerprint density at radius 3 is 2.93 bits per heavy atom. The molecular formula is C19H24N4O4S. The number of aryl methyl sites for hydroxylation is 1. The molecular weight excluding hydrogens is 380 g/mol. The lowest BCUT2D eigenvalue weighted by Gasteiger charge is -2.32. The third-order valence-electron chi connectivity index (χ3n) is 5.40. The third-order valence-corrected chi connectivity index (χ3v) is 6.15. The van der Waals surface area contributed by atoms with Gasteiger partial charge in [-0.25, -0.2) is 0 Å². The average molecular weight is 404 g/mol. The van der Waals surface area contributed by atoms with E-state index in [9.17, 15) is 9.59 Å². The first kappa shape index (κ1) is 19.0. The zero-order chi connectivity index (χ0) is 19.9. The molecule has 150 valence electrons. The summed E-state index contributed by atoms with van der Waals surface area (Å²) in [5, 5.41) is 8.27. The first-order valence-corrected chi connectivity index (χ1v) is 10.4.